The van der Waals surface area contributed by atoms with Gasteiger partial charge < -0.3 is 10.2 Å². The van der Waals surface area contributed by atoms with Crippen LogP contribution < -0.4 is 10.2 Å². The van der Waals surface area contributed by atoms with Crippen LogP contribution in [-0.4, -0.2) is 38.2 Å². The number of thiazole rings is 1. The Morgan fingerprint density at radius 2 is 1.71 bits per heavy atom. The lowest BCUT2D eigenvalue weighted by molar-refractivity contribution is 0.101. The maximum absolute atomic E-state index is 13.1. The fraction of sp³-hybridized carbons (Fsp3) is 0.160. The summed E-state index contributed by atoms with van der Waals surface area (Å²) in [7, 11) is -3.91. The first-order valence-electron chi connectivity index (χ1n) is 10.9. The molecule has 2 aliphatic heterocycles. The molecule has 4 aromatic rings. The summed E-state index contributed by atoms with van der Waals surface area (Å²) in [6.45, 7) is 2.02. The number of carbonyl (C=O) groups is 2. The molecule has 0 aliphatic carbocycles. The lowest BCUT2D eigenvalue weighted by Crippen LogP contribution is -2.21. The standard InChI is InChI=1S/C25H19N3O4S2/c29-23-17-5-1-2-6-21(17)34(31,32)22-13-15(7-9-18(22)23)24(30)26-16-8-10-19-20(14-16)33-25(27-19)28-11-3-4-12-28/h1-2,5-10,13-14H,3-4,11-12H2,(H,26,30). The first-order valence-corrected chi connectivity index (χ1v) is 13.2. The van der Waals surface area contributed by atoms with Gasteiger partial charge in [0.15, 0.2) is 10.9 Å². The minimum atomic E-state index is -3.91. The second-order valence-corrected chi connectivity index (χ2v) is 11.3. The van der Waals surface area contributed by atoms with Gasteiger partial charge in [0, 0.05) is 35.5 Å². The average Bonchev–Trinajstić information content (AvgIpc) is 3.52. The van der Waals surface area contributed by atoms with Gasteiger partial charge in [-0.3, -0.25) is 9.59 Å². The van der Waals surface area contributed by atoms with Crippen molar-refractivity contribution in [2.24, 2.45) is 0 Å². The fourth-order valence-corrected chi connectivity index (χ4v) is 7.20. The molecule has 3 heterocycles. The van der Waals surface area contributed by atoms with Crippen molar-refractivity contribution in [1.82, 2.24) is 4.98 Å². The van der Waals surface area contributed by atoms with Gasteiger partial charge in [-0.15, -0.1) is 0 Å². The molecule has 2 aliphatic rings. The van der Waals surface area contributed by atoms with Crippen molar-refractivity contribution in [2.45, 2.75) is 22.6 Å². The highest BCUT2D eigenvalue weighted by atomic mass is 32.2. The first-order chi connectivity index (χ1) is 16.4. The molecule has 7 nitrogen and oxygen atoms in total. The number of ketones is 1. The molecule has 1 fully saturated rings. The smallest absolute Gasteiger partial charge is 0.255 e. The number of anilines is 2. The number of fused-ring (bicyclic) bond motifs is 3. The van der Waals surface area contributed by atoms with E-state index in [0.29, 0.717) is 5.69 Å². The number of hydrogen-bond donors (Lipinski definition) is 1. The van der Waals surface area contributed by atoms with Crippen LogP contribution >= 0.6 is 11.3 Å². The highest BCUT2D eigenvalue weighted by Crippen LogP contribution is 2.35. The van der Waals surface area contributed by atoms with Crippen LogP contribution in [0.25, 0.3) is 10.2 Å². The molecular formula is C25H19N3O4S2. The summed E-state index contributed by atoms with van der Waals surface area (Å²) in [6, 6.07) is 15.8. The van der Waals surface area contributed by atoms with Crippen LogP contribution in [-0.2, 0) is 9.84 Å². The van der Waals surface area contributed by atoms with Crippen molar-refractivity contribution < 1.29 is 18.0 Å². The number of amides is 1. The monoisotopic (exact) mass is 489 g/mol. The average molecular weight is 490 g/mol. The van der Waals surface area contributed by atoms with Gasteiger partial charge in [-0.2, -0.15) is 0 Å². The van der Waals surface area contributed by atoms with E-state index in [0.717, 1.165) is 28.4 Å². The van der Waals surface area contributed by atoms with Crippen LogP contribution in [0.2, 0.25) is 0 Å². The molecule has 1 amide bonds. The zero-order valence-electron chi connectivity index (χ0n) is 17.9. The van der Waals surface area contributed by atoms with E-state index >= 15 is 0 Å². The highest BCUT2D eigenvalue weighted by molar-refractivity contribution is 7.91. The van der Waals surface area contributed by atoms with Crippen LogP contribution in [0.1, 0.15) is 39.1 Å². The first kappa shape index (κ1) is 21.0. The van der Waals surface area contributed by atoms with Crippen LogP contribution in [0.4, 0.5) is 10.8 Å². The third-order valence-electron chi connectivity index (χ3n) is 6.21. The van der Waals surface area contributed by atoms with Crippen molar-refractivity contribution in [1.29, 1.82) is 0 Å². The van der Waals surface area contributed by atoms with Crippen LogP contribution in [0.5, 0.6) is 0 Å². The zero-order chi connectivity index (χ0) is 23.4. The topological polar surface area (TPSA) is 96.4 Å². The number of aromatic nitrogens is 1. The Bertz CT molecular complexity index is 1600. The molecule has 1 saturated heterocycles. The molecule has 0 unspecified atom stereocenters. The Labute approximate surface area is 200 Å². The van der Waals surface area contributed by atoms with Gasteiger partial charge in [-0.05, 0) is 61.4 Å². The molecule has 6 rings (SSSR count). The van der Waals surface area contributed by atoms with Crippen molar-refractivity contribution in [3.8, 4) is 0 Å². The third-order valence-corrected chi connectivity index (χ3v) is 9.14. The van der Waals surface area contributed by atoms with E-state index in [9.17, 15) is 18.0 Å². The molecular weight excluding hydrogens is 470 g/mol. The van der Waals surface area contributed by atoms with Crippen molar-refractivity contribution in [2.75, 3.05) is 23.3 Å². The molecule has 0 radical (unpaired) electrons. The number of carbonyl (C=O) groups excluding carboxylic acids is 2. The summed E-state index contributed by atoms with van der Waals surface area (Å²) in [5.74, 6) is -0.815. The fourth-order valence-electron chi connectivity index (χ4n) is 4.46. The van der Waals surface area contributed by atoms with E-state index in [2.05, 4.69) is 10.2 Å². The van der Waals surface area contributed by atoms with Gasteiger partial charge in [-0.1, -0.05) is 23.5 Å². The zero-order valence-corrected chi connectivity index (χ0v) is 19.6. The summed E-state index contributed by atoms with van der Waals surface area (Å²) in [4.78, 5) is 32.6. The lowest BCUT2D eigenvalue weighted by Gasteiger charge is -2.19. The van der Waals surface area contributed by atoms with Crippen molar-refractivity contribution >= 4 is 53.9 Å². The molecule has 0 bridgehead atoms. The summed E-state index contributed by atoms with van der Waals surface area (Å²) in [6.07, 6.45) is 2.34. The summed E-state index contributed by atoms with van der Waals surface area (Å²) < 4.78 is 27.2. The van der Waals surface area contributed by atoms with Gasteiger partial charge in [0.1, 0.15) is 0 Å². The van der Waals surface area contributed by atoms with E-state index in [-0.39, 0.29) is 32.3 Å². The minimum Gasteiger partial charge on any atom is -0.348 e. The lowest BCUT2D eigenvalue weighted by atomic mass is 10.0. The van der Waals surface area contributed by atoms with Gasteiger partial charge in [-0.25, -0.2) is 13.4 Å². The maximum atomic E-state index is 13.1. The van der Waals surface area contributed by atoms with Crippen LogP contribution in [0.3, 0.4) is 0 Å². The normalized spacial score (nSPS) is 16.4. The predicted octanol–water partition coefficient (Wildman–Crippen LogP) is 4.53. The van der Waals surface area contributed by atoms with E-state index in [1.54, 1.807) is 29.5 Å². The Kier molecular flexibility index (Phi) is 4.79. The molecule has 0 spiro atoms. The number of nitrogens with one attached hydrogen (secondary N) is 1. The summed E-state index contributed by atoms with van der Waals surface area (Å²) in [5.41, 5.74) is 1.86. The maximum Gasteiger partial charge on any atom is 0.255 e. The quantitative estimate of drug-likeness (QED) is 0.400. The molecule has 0 atom stereocenters. The number of hydrogen-bond acceptors (Lipinski definition) is 7. The molecule has 3 aromatic carbocycles. The molecule has 0 saturated carbocycles. The Hall–Kier alpha value is -3.56. The Balaban J connectivity index is 1.30. The minimum absolute atomic E-state index is 0.0329. The largest absolute Gasteiger partial charge is 0.348 e. The van der Waals surface area contributed by atoms with E-state index < -0.39 is 15.7 Å². The Morgan fingerprint density at radius 1 is 0.941 bits per heavy atom. The predicted molar refractivity (Wildman–Crippen MR) is 131 cm³/mol. The summed E-state index contributed by atoms with van der Waals surface area (Å²) >= 11 is 1.59. The van der Waals surface area contributed by atoms with Crippen LogP contribution in [0, 0.1) is 0 Å². The van der Waals surface area contributed by atoms with Gasteiger partial charge in [0.25, 0.3) is 5.91 Å². The van der Waals surface area contributed by atoms with Crippen molar-refractivity contribution in [3.63, 3.8) is 0 Å². The van der Waals surface area contributed by atoms with Gasteiger partial charge in [0.2, 0.25) is 9.84 Å². The number of benzene rings is 3. The Morgan fingerprint density at radius 3 is 2.53 bits per heavy atom. The molecule has 1 N–H and O–H groups in total. The second-order valence-electron chi connectivity index (χ2n) is 8.37. The van der Waals surface area contributed by atoms with E-state index in [1.165, 1.54) is 43.2 Å². The van der Waals surface area contributed by atoms with E-state index in [1.807, 2.05) is 12.1 Å². The number of sulfone groups is 1. The summed E-state index contributed by atoms with van der Waals surface area (Å²) in [5, 5.41) is 3.83. The van der Waals surface area contributed by atoms with Gasteiger partial charge in [0.05, 0.1) is 20.0 Å². The second kappa shape index (κ2) is 7.75. The highest BCUT2D eigenvalue weighted by Gasteiger charge is 2.35. The SMILES string of the molecule is O=C(Nc1ccc2nc(N3CCCC3)sc2c1)c1ccc2c(c1)S(=O)(=O)c1ccccc1C2=O. The third kappa shape index (κ3) is 3.31. The molecule has 170 valence electrons. The number of nitrogens with zero attached hydrogens (tertiary/aromatic N) is 2. The van der Waals surface area contributed by atoms with E-state index in [4.69, 9.17) is 4.98 Å². The number of rotatable bonds is 3. The van der Waals surface area contributed by atoms with Crippen molar-refractivity contribution in [3.05, 3.63) is 77.4 Å². The van der Waals surface area contributed by atoms with Gasteiger partial charge >= 0.3 is 0 Å². The molecule has 1 aromatic heterocycles. The molecule has 9 heteroatoms. The molecule has 34 heavy (non-hydrogen) atoms. The van der Waals surface area contributed by atoms with Crippen LogP contribution in [0.15, 0.2) is 70.5 Å².